The summed E-state index contributed by atoms with van der Waals surface area (Å²) >= 11 is 0. The number of carbonyl (C=O) groups is 2. The number of aromatic nitrogens is 3. The summed E-state index contributed by atoms with van der Waals surface area (Å²) in [4.78, 5) is 32.4. The number of amides is 1. The fourth-order valence-corrected chi connectivity index (χ4v) is 4.15. The Hall–Kier alpha value is -3.94. The smallest absolute Gasteiger partial charge is 0.307 e. The standard InChI is InChI=1S/C27H30N4O4/c1-17(2)31-26-23(15-28-31)22(14-24(29-26)21-13-18(3)35-19(21)4)27(33)30(12-11-25(32)34-5)16-20-9-7-6-8-10-20/h6-10,13-15,17H,11-12,16H2,1-5H3. The molecule has 0 unspecified atom stereocenters. The molecule has 4 rings (SSSR count). The molecule has 0 aliphatic heterocycles. The number of furan rings is 1. The molecule has 182 valence electrons. The van der Waals surface area contributed by atoms with E-state index in [1.165, 1.54) is 7.11 Å². The minimum Gasteiger partial charge on any atom is -0.469 e. The summed E-state index contributed by atoms with van der Waals surface area (Å²) in [6.45, 7) is 8.39. The van der Waals surface area contributed by atoms with Crippen LogP contribution in [0.5, 0.6) is 0 Å². The number of carbonyl (C=O) groups excluding carboxylic acids is 2. The molecule has 8 nitrogen and oxygen atoms in total. The van der Waals surface area contributed by atoms with E-state index in [9.17, 15) is 9.59 Å². The van der Waals surface area contributed by atoms with E-state index in [0.29, 0.717) is 28.8 Å². The van der Waals surface area contributed by atoms with Crippen LogP contribution in [-0.2, 0) is 16.1 Å². The highest BCUT2D eigenvalue weighted by Crippen LogP contribution is 2.31. The maximum absolute atomic E-state index is 14.0. The minimum atomic E-state index is -0.367. The summed E-state index contributed by atoms with van der Waals surface area (Å²) in [6.07, 6.45) is 1.79. The number of aryl methyl sites for hydroxylation is 2. The quantitative estimate of drug-likeness (QED) is 0.330. The second kappa shape index (κ2) is 10.1. The molecule has 0 saturated carbocycles. The van der Waals surface area contributed by atoms with Gasteiger partial charge in [0, 0.05) is 24.7 Å². The lowest BCUT2D eigenvalue weighted by Gasteiger charge is -2.23. The van der Waals surface area contributed by atoms with Crippen LogP contribution in [0.15, 0.2) is 53.1 Å². The van der Waals surface area contributed by atoms with Gasteiger partial charge in [0.25, 0.3) is 5.91 Å². The third kappa shape index (κ3) is 5.11. The number of hydrogen-bond donors (Lipinski definition) is 0. The number of methoxy groups -OCH3 is 1. The average molecular weight is 475 g/mol. The Labute approximate surface area is 204 Å². The summed E-state index contributed by atoms with van der Waals surface area (Å²) in [5.74, 6) is 0.935. The molecule has 0 saturated heterocycles. The number of fused-ring (bicyclic) bond motifs is 1. The molecule has 0 atom stereocenters. The third-order valence-corrected chi connectivity index (χ3v) is 5.92. The first-order chi connectivity index (χ1) is 16.8. The van der Waals surface area contributed by atoms with Crippen LogP contribution in [0.1, 0.15) is 53.8 Å². The van der Waals surface area contributed by atoms with Crippen molar-refractivity contribution in [2.45, 2.75) is 46.7 Å². The van der Waals surface area contributed by atoms with Gasteiger partial charge < -0.3 is 14.1 Å². The van der Waals surface area contributed by atoms with E-state index in [0.717, 1.165) is 22.6 Å². The van der Waals surface area contributed by atoms with Crippen LogP contribution in [0.2, 0.25) is 0 Å². The summed E-state index contributed by atoms with van der Waals surface area (Å²) in [6, 6.07) is 13.5. The molecule has 1 amide bonds. The van der Waals surface area contributed by atoms with E-state index >= 15 is 0 Å². The average Bonchev–Trinajstić information content (AvgIpc) is 3.43. The summed E-state index contributed by atoms with van der Waals surface area (Å²) in [7, 11) is 1.35. The van der Waals surface area contributed by atoms with Crippen molar-refractivity contribution in [3.63, 3.8) is 0 Å². The molecule has 0 bridgehead atoms. The molecule has 0 spiro atoms. The fourth-order valence-electron chi connectivity index (χ4n) is 4.15. The van der Waals surface area contributed by atoms with Gasteiger partial charge in [0.1, 0.15) is 11.5 Å². The van der Waals surface area contributed by atoms with Crippen LogP contribution in [0.4, 0.5) is 0 Å². The molecule has 1 aromatic carbocycles. The Balaban J connectivity index is 1.83. The van der Waals surface area contributed by atoms with Gasteiger partial charge in [-0.2, -0.15) is 5.10 Å². The molecule has 3 aromatic heterocycles. The van der Waals surface area contributed by atoms with Crippen molar-refractivity contribution in [1.29, 1.82) is 0 Å². The van der Waals surface area contributed by atoms with E-state index in [4.69, 9.17) is 14.1 Å². The predicted octanol–water partition coefficient (Wildman–Crippen LogP) is 5.09. The van der Waals surface area contributed by atoms with E-state index < -0.39 is 0 Å². The van der Waals surface area contributed by atoms with Gasteiger partial charge in [-0.1, -0.05) is 30.3 Å². The van der Waals surface area contributed by atoms with Crippen LogP contribution >= 0.6 is 0 Å². The molecule has 0 aliphatic rings. The molecule has 8 heteroatoms. The number of rotatable bonds is 8. The lowest BCUT2D eigenvalue weighted by atomic mass is 10.1. The molecule has 0 N–H and O–H groups in total. The predicted molar refractivity (Wildman–Crippen MR) is 133 cm³/mol. The zero-order chi connectivity index (χ0) is 25.1. The maximum Gasteiger partial charge on any atom is 0.307 e. The normalized spacial score (nSPS) is 11.3. The molecule has 0 aliphatic carbocycles. The number of ether oxygens (including phenoxy) is 1. The lowest BCUT2D eigenvalue weighted by Crippen LogP contribution is -2.33. The zero-order valence-electron chi connectivity index (χ0n) is 20.7. The lowest BCUT2D eigenvalue weighted by molar-refractivity contribution is -0.140. The van der Waals surface area contributed by atoms with E-state index in [2.05, 4.69) is 5.10 Å². The van der Waals surface area contributed by atoms with Crippen molar-refractivity contribution in [3.8, 4) is 11.3 Å². The first-order valence-electron chi connectivity index (χ1n) is 11.6. The SMILES string of the molecule is COC(=O)CCN(Cc1ccccc1)C(=O)c1cc(-c2cc(C)oc2C)nc2c1cnn2C(C)C. The minimum absolute atomic E-state index is 0.0603. The Kier molecular flexibility index (Phi) is 7.00. The van der Waals surface area contributed by atoms with Crippen molar-refractivity contribution >= 4 is 22.9 Å². The van der Waals surface area contributed by atoms with Crippen molar-refractivity contribution in [1.82, 2.24) is 19.7 Å². The van der Waals surface area contributed by atoms with Crippen molar-refractivity contribution in [2.24, 2.45) is 0 Å². The Morgan fingerprint density at radius 1 is 1.14 bits per heavy atom. The van der Waals surface area contributed by atoms with E-state index in [1.807, 2.05) is 68.8 Å². The first-order valence-corrected chi connectivity index (χ1v) is 11.6. The van der Waals surface area contributed by atoms with Gasteiger partial charge in [-0.25, -0.2) is 9.67 Å². The second-order valence-corrected chi connectivity index (χ2v) is 8.84. The van der Waals surface area contributed by atoms with Crippen LogP contribution in [0.25, 0.3) is 22.3 Å². The van der Waals surface area contributed by atoms with Crippen molar-refractivity contribution < 1.29 is 18.7 Å². The summed E-state index contributed by atoms with van der Waals surface area (Å²) in [5.41, 5.74) is 3.56. The van der Waals surface area contributed by atoms with Crippen LogP contribution in [0, 0.1) is 13.8 Å². The molecule has 4 aromatic rings. The maximum atomic E-state index is 14.0. The number of esters is 1. The molecule has 0 radical (unpaired) electrons. The van der Waals surface area contributed by atoms with Crippen LogP contribution in [-0.4, -0.2) is 45.2 Å². The van der Waals surface area contributed by atoms with Gasteiger partial charge >= 0.3 is 5.97 Å². The Morgan fingerprint density at radius 2 is 1.89 bits per heavy atom. The van der Waals surface area contributed by atoms with Gasteiger partial charge in [-0.15, -0.1) is 0 Å². The Bertz CT molecular complexity index is 1350. The third-order valence-electron chi connectivity index (χ3n) is 5.92. The summed E-state index contributed by atoms with van der Waals surface area (Å²) < 4.78 is 12.4. The number of benzene rings is 1. The van der Waals surface area contributed by atoms with E-state index in [1.54, 1.807) is 17.2 Å². The molecular formula is C27H30N4O4. The largest absolute Gasteiger partial charge is 0.469 e. The first kappa shape index (κ1) is 24.2. The van der Waals surface area contributed by atoms with E-state index in [-0.39, 0.29) is 30.9 Å². The van der Waals surface area contributed by atoms with Crippen LogP contribution in [0.3, 0.4) is 0 Å². The monoisotopic (exact) mass is 474 g/mol. The highest BCUT2D eigenvalue weighted by Gasteiger charge is 2.24. The number of pyridine rings is 1. The molecule has 0 fully saturated rings. The molecule has 3 heterocycles. The number of nitrogens with zero attached hydrogens (tertiary/aromatic N) is 4. The highest BCUT2D eigenvalue weighted by atomic mass is 16.5. The van der Waals surface area contributed by atoms with Gasteiger partial charge in [0.05, 0.1) is 36.4 Å². The second-order valence-electron chi connectivity index (χ2n) is 8.84. The van der Waals surface area contributed by atoms with Gasteiger partial charge in [0.2, 0.25) is 0 Å². The van der Waals surface area contributed by atoms with Crippen molar-refractivity contribution in [2.75, 3.05) is 13.7 Å². The Morgan fingerprint density at radius 3 is 2.51 bits per heavy atom. The summed E-state index contributed by atoms with van der Waals surface area (Å²) in [5, 5.41) is 5.18. The van der Waals surface area contributed by atoms with Gasteiger partial charge in [-0.05, 0) is 45.4 Å². The molecular weight excluding hydrogens is 444 g/mol. The highest BCUT2D eigenvalue weighted by molar-refractivity contribution is 6.06. The number of hydrogen-bond acceptors (Lipinski definition) is 6. The van der Waals surface area contributed by atoms with Crippen LogP contribution < -0.4 is 0 Å². The zero-order valence-corrected chi connectivity index (χ0v) is 20.7. The topological polar surface area (TPSA) is 90.5 Å². The molecule has 35 heavy (non-hydrogen) atoms. The fraction of sp³-hybridized carbons (Fsp3) is 0.333. The van der Waals surface area contributed by atoms with Gasteiger partial charge in [0.15, 0.2) is 5.65 Å². The van der Waals surface area contributed by atoms with Gasteiger partial charge in [-0.3, -0.25) is 9.59 Å². The van der Waals surface area contributed by atoms with Crippen molar-refractivity contribution in [3.05, 3.63) is 71.3 Å².